The Hall–Kier alpha value is 0.1000. The molecule has 0 atom stereocenters. The van der Waals surface area contributed by atoms with E-state index in [-0.39, 0.29) is 5.41 Å². The summed E-state index contributed by atoms with van der Waals surface area (Å²) in [7, 11) is -1.22. The molecule has 0 aliphatic carbocycles. The maximum atomic E-state index is 5.62. The smallest absolute Gasteiger partial charge is 0.397 e. The van der Waals surface area contributed by atoms with Crippen LogP contribution in [0.3, 0.4) is 0 Å². The fourth-order valence-corrected chi connectivity index (χ4v) is 2.91. The second-order valence-corrected chi connectivity index (χ2v) is 6.87. The van der Waals surface area contributed by atoms with Gasteiger partial charge in [0.25, 0.3) is 0 Å². The summed E-state index contributed by atoms with van der Waals surface area (Å²) in [5.41, 5.74) is 0.0915. The molecule has 1 aromatic carbocycles. The molecule has 1 aliphatic rings. The fraction of sp³-hybridized carbons (Fsp3) is 0.455. The Labute approximate surface area is 111 Å². The summed E-state index contributed by atoms with van der Waals surface area (Å²) < 4.78 is 17.9. The van der Waals surface area contributed by atoms with Crippen LogP contribution in [0.2, 0.25) is 0 Å². The zero-order chi connectivity index (χ0) is 11.6. The summed E-state index contributed by atoms with van der Waals surface area (Å²) in [4.78, 5) is 0. The molecule has 2 rings (SSSR count). The van der Waals surface area contributed by atoms with E-state index in [0.29, 0.717) is 13.2 Å². The van der Waals surface area contributed by atoms with Crippen molar-refractivity contribution in [1.29, 1.82) is 0 Å². The van der Waals surface area contributed by atoms with Gasteiger partial charge in [-0.25, -0.2) is 0 Å². The van der Waals surface area contributed by atoms with E-state index >= 15 is 0 Å². The third kappa shape index (κ3) is 3.55. The van der Waals surface area contributed by atoms with Gasteiger partial charge in [0.2, 0.25) is 0 Å². The van der Waals surface area contributed by atoms with Crippen molar-refractivity contribution in [3.05, 3.63) is 27.8 Å². The van der Waals surface area contributed by atoms with Crippen LogP contribution in [0.1, 0.15) is 13.8 Å². The predicted molar refractivity (Wildman–Crippen MR) is 72.4 cm³/mol. The largest absolute Gasteiger partial charge is 0.427 e. The van der Waals surface area contributed by atoms with Crippen LogP contribution in [0.5, 0.6) is 5.75 Å². The molecule has 1 heterocycles. The average molecular weight is 352 g/mol. The van der Waals surface area contributed by atoms with Crippen molar-refractivity contribution in [2.75, 3.05) is 13.2 Å². The second kappa shape index (κ2) is 5.17. The van der Waals surface area contributed by atoms with E-state index in [1.54, 1.807) is 0 Å². The third-order valence-electron chi connectivity index (χ3n) is 2.11. The minimum Gasteiger partial charge on any atom is -0.427 e. The van der Waals surface area contributed by atoms with Gasteiger partial charge >= 0.3 is 8.60 Å². The lowest BCUT2D eigenvalue weighted by atomic mass is 9.97. The lowest BCUT2D eigenvalue weighted by Gasteiger charge is -2.32. The predicted octanol–water partition coefficient (Wildman–Crippen LogP) is 3.97. The first-order chi connectivity index (χ1) is 7.55. The van der Waals surface area contributed by atoms with Crippen molar-refractivity contribution in [3.8, 4) is 5.75 Å². The van der Waals surface area contributed by atoms with Gasteiger partial charge in [-0.1, -0.05) is 13.8 Å². The highest BCUT2D eigenvalue weighted by molar-refractivity contribution is 14.1. The minimum atomic E-state index is -1.22. The number of halogens is 1. The van der Waals surface area contributed by atoms with Crippen molar-refractivity contribution < 1.29 is 13.6 Å². The van der Waals surface area contributed by atoms with E-state index in [4.69, 9.17) is 13.6 Å². The Kier molecular flexibility index (Phi) is 4.06. The second-order valence-electron chi connectivity index (χ2n) is 4.48. The van der Waals surface area contributed by atoms with Crippen LogP contribution < -0.4 is 4.52 Å². The normalized spacial score (nSPS) is 20.7. The molecule has 88 valence electrons. The molecule has 1 aliphatic heterocycles. The lowest BCUT2D eigenvalue weighted by molar-refractivity contribution is 0.0426. The van der Waals surface area contributed by atoms with E-state index < -0.39 is 8.60 Å². The van der Waals surface area contributed by atoms with Crippen molar-refractivity contribution in [2.45, 2.75) is 13.8 Å². The molecule has 0 unspecified atom stereocenters. The highest BCUT2D eigenvalue weighted by Crippen LogP contribution is 2.46. The Morgan fingerprint density at radius 1 is 1.19 bits per heavy atom. The van der Waals surface area contributed by atoms with Crippen LogP contribution in [0.15, 0.2) is 24.3 Å². The van der Waals surface area contributed by atoms with E-state index in [2.05, 4.69) is 36.4 Å². The number of benzene rings is 1. The molecule has 0 radical (unpaired) electrons. The van der Waals surface area contributed by atoms with E-state index in [0.717, 1.165) is 5.75 Å². The number of hydrogen-bond donors (Lipinski definition) is 0. The molecule has 1 fully saturated rings. The molecule has 0 saturated carbocycles. The van der Waals surface area contributed by atoms with Gasteiger partial charge in [0.15, 0.2) is 0 Å². The maximum absolute atomic E-state index is 5.62. The maximum Gasteiger partial charge on any atom is 0.397 e. The molecular weight excluding hydrogens is 338 g/mol. The Morgan fingerprint density at radius 2 is 1.75 bits per heavy atom. The van der Waals surface area contributed by atoms with Crippen LogP contribution in [0.4, 0.5) is 0 Å². The molecule has 1 aromatic rings. The van der Waals surface area contributed by atoms with E-state index in [1.165, 1.54) is 3.57 Å². The quantitative estimate of drug-likeness (QED) is 0.596. The van der Waals surface area contributed by atoms with E-state index in [9.17, 15) is 0 Å². The van der Waals surface area contributed by atoms with Crippen LogP contribution in [-0.4, -0.2) is 13.2 Å². The summed E-state index contributed by atoms with van der Waals surface area (Å²) in [5, 5.41) is 0. The molecule has 16 heavy (non-hydrogen) atoms. The van der Waals surface area contributed by atoms with Crippen molar-refractivity contribution in [2.24, 2.45) is 5.41 Å². The first-order valence-corrected chi connectivity index (χ1v) is 7.22. The van der Waals surface area contributed by atoms with Crippen molar-refractivity contribution >= 4 is 31.2 Å². The molecule has 0 bridgehead atoms. The molecule has 0 N–H and O–H groups in total. The van der Waals surface area contributed by atoms with Crippen LogP contribution in [-0.2, 0) is 9.05 Å². The van der Waals surface area contributed by atoms with Crippen molar-refractivity contribution in [1.82, 2.24) is 0 Å². The SMILES string of the molecule is CC1(C)COP(Oc2ccc(I)cc2)OC1. The molecule has 1 saturated heterocycles. The zero-order valence-electron chi connectivity index (χ0n) is 9.27. The molecule has 3 nitrogen and oxygen atoms in total. The Morgan fingerprint density at radius 3 is 2.31 bits per heavy atom. The van der Waals surface area contributed by atoms with Crippen LogP contribution >= 0.6 is 31.2 Å². The molecular formula is C11H14IO3P. The van der Waals surface area contributed by atoms with Gasteiger partial charge in [-0.2, -0.15) is 0 Å². The highest BCUT2D eigenvalue weighted by Gasteiger charge is 2.31. The molecule has 5 heteroatoms. The third-order valence-corrected chi connectivity index (χ3v) is 3.87. The first-order valence-electron chi connectivity index (χ1n) is 5.05. The highest BCUT2D eigenvalue weighted by atomic mass is 127. The summed E-state index contributed by atoms with van der Waals surface area (Å²) >= 11 is 2.26. The van der Waals surface area contributed by atoms with Gasteiger partial charge in [0, 0.05) is 8.99 Å². The summed E-state index contributed by atoms with van der Waals surface area (Å²) in [5.74, 6) is 0.797. The Balaban J connectivity index is 1.89. The Bertz CT molecular complexity index is 343. The van der Waals surface area contributed by atoms with E-state index in [1.807, 2.05) is 24.3 Å². The summed E-state index contributed by atoms with van der Waals surface area (Å²) in [6.07, 6.45) is 0. The first kappa shape index (κ1) is 12.6. The zero-order valence-corrected chi connectivity index (χ0v) is 12.3. The van der Waals surface area contributed by atoms with Gasteiger partial charge in [0.1, 0.15) is 5.75 Å². The monoisotopic (exact) mass is 352 g/mol. The lowest BCUT2D eigenvalue weighted by Crippen LogP contribution is -2.28. The summed E-state index contributed by atoms with van der Waals surface area (Å²) in [6, 6.07) is 7.85. The number of hydrogen-bond acceptors (Lipinski definition) is 3. The van der Waals surface area contributed by atoms with Gasteiger partial charge < -0.3 is 13.6 Å². The molecule has 0 aromatic heterocycles. The van der Waals surface area contributed by atoms with Crippen LogP contribution in [0, 0.1) is 8.99 Å². The molecule has 0 amide bonds. The van der Waals surface area contributed by atoms with Gasteiger partial charge in [-0.05, 0) is 46.9 Å². The number of rotatable bonds is 2. The topological polar surface area (TPSA) is 27.7 Å². The minimum absolute atomic E-state index is 0.0915. The fourth-order valence-electron chi connectivity index (χ4n) is 1.17. The van der Waals surface area contributed by atoms with Gasteiger partial charge in [-0.3, -0.25) is 0 Å². The standard InChI is InChI=1S/C11H14IO3P/c1-11(2)7-13-16(14-8-11)15-10-5-3-9(12)4-6-10/h3-6H,7-8H2,1-2H3. The van der Waals surface area contributed by atoms with Gasteiger partial charge in [-0.15, -0.1) is 0 Å². The molecule has 0 spiro atoms. The van der Waals surface area contributed by atoms with Gasteiger partial charge in [0.05, 0.1) is 13.2 Å². The summed E-state index contributed by atoms with van der Waals surface area (Å²) in [6.45, 7) is 5.60. The van der Waals surface area contributed by atoms with Crippen molar-refractivity contribution in [3.63, 3.8) is 0 Å². The average Bonchev–Trinajstić information content (AvgIpc) is 2.24. The van der Waals surface area contributed by atoms with Crippen LogP contribution in [0.25, 0.3) is 0 Å².